The van der Waals surface area contributed by atoms with Gasteiger partial charge in [-0.05, 0) is 37.0 Å². The van der Waals surface area contributed by atoms with Crippen LogP contribution < -0.4 is 10.1 Å². The molecule has 2 atom stereocenters. The predicted octanol–water partition coefficient (Wildman–Crippen LogP) is 2.40. The van der Waals surface area contributed by atoms with Crippen molar-refractivity contribution in [3.8, 4) is 5.75 Å². The van der Waals surface area contributed by atoms with Crippen molar-refractivity contribution in [3.63, 3.8) is 0 Å². The third-order valence-electron chi connectivity index (χ3n) is 3.76. The summed E-state index contributed by atoms with van der Waals surface area (Å²) in [5.41, 5.74) is 2.40. The Kier molecular flexibility index (Phi) is 4.61. The van der Waals surface area contributed by atoms with Crippen LogP contribution >= 0.6 is 0 Å². The second kappa shape index (κ2) is 6.21. The minimum absolute atomic E-state index is 0.182. The molecular weight excluding hydrogens is 226 g/mol. The molecule has 0 aromatic heterocycles. The summed E-state index contributed by atoms with van der Waals surface area (Å²) >= 11 is 0. The number of hydrogen-bond donors (Lipinski definition) is 2. The molecule has 0 radical (unpaired) electrons. The van der Waals surface area contributed by atoms with E-state index in [1.54, 1.807) is 7.11 Å². The van der Waals surface area contributed by atoms with Crippen LogP contribution in [0.25, 0.3) is 0 Å². The summed E-state index contributed by atoms with van der Waals surface area (Å²) in [5.74, 6) is 0.927. The first-order chi connectivity index (χ1) is 8.70. The lowest BCUT2D eigenvalue weighted by Crippen LogP contribution is -2.41. The van der Waals surface area contributed by atoms with Crippen LogP contribution in [-0.4, -0.2) is 24.4 Å². The van der Waals surface area contributed by atoms with Crippen LogP contribution in [-0.2, 0) is 6.54 Å². The maximum absolute atomic E-state index is 9.90. The lowest BCUT2D eigenvalue weighted by Gasteiger charge is -2.28. The quantitative estimate of drug-likeness (QED) is 0.861. The summed E-state index contributed by atoms with van der Waals surface area (Å²) < 4.78 is 5.25. The van der Waals surface area contributed by atoms with Gasteiger partial charge < -0.3 is 15.2 Å². The van der Waals surface area contributed by atoms with E-state index in [9.17, 15) is 5.11 Å². The monoisotopic (exact) mass is 249 g/mol. The van der Waals surface area contributed by atoms with Gasteiger partial charge >= 0.3 is 0 Å². The van der Waals surface area contributed by atoms with Crippen LogP contribution in [0.15, 0.2) is 18.2 Å². The molecule has 0 aliphatic heterocycles. The highest BCUT2D eigenvalue weighted by molar-refractivity contribution is 5.36. The summed E-state index contributed by atoms with van der Waals surface area (Å²) in [4.78, 5) is 0. The zero-order chi connectivity index (χ0) is 13.0. The number of rotatable bonds is 4. The Bertz CT molecular complexity index is 392. The average Bonchev–Trinajstić information content (AvgIpc) is 2.38. The molecule has 100 valence electrons. The summed E-state index contributed by atoms with van der Waals surface area (Å²) in [7, 11) is 1.69. The molecule has 1 aromatic carbocycles. The van der Waals surface area contributed by atoms with E-state index in [1.807, 2.05) is 6.07 Å². The Morgan fingerprint density at radius 1 is 1.33 bits per heavy atom. The molecule has 1 fully saturated rings. The molecule has 2 rings (SSSR count). The van der Waals surface area contributed by atoms with Gasteiger partial charge in [-0.15, -0.1) is 0 Å². The van der Waals surface area contributed by atoms with Gasteiger partial charge in [-0.3, -0.25) is 0 Å². The van der Waals surface area contributed by atoms with E-state index in [0.29, 0.717) is 0 Å². The van der Waals surface area contributed by atoms with Crippen LogP contribution in [0, 0.1) is 6.92 Å². The SMILES string of the molecule is COc1ccc(CNC2CCCCC2O)cc1C. The van der Waals surface area contributed by atoms with Gasteiger partial charge in [0.15, 0.2) is 0 Å². The highest BCUT2D eigenvalue weighted by Crippen LogP contribution is 2.21. The molecular formula is C15H23NO2. The highest BCUT2D eigenvalue weighted by Gasteiger charge is 2.22. The van der Waals surface area contributed by atoms with Gasteiger partial charge in [-0.1, -0.05) is 25.0 Å². The van der Waals surface area contributed by atoms with Crippen molar-refractivity contribution in [2.45, 2.75) is 51.3 Å². The number of hydrogen-bond acceptors (Lipinski definition) is 3. The average molecular weight is 249 g/mol. The fourth-order valence-corrected chi connectivity index (χ4v) is 2.65. The second-order valence-corrected chi connectivity index (χ2v) is 5.14. The van der Waals surface area contributed by atoms with Crippen LogP contribution in [0.1, 0.15) is 36.8 Å². The van der Waals surface area contributed by atoms with Crippen LogP contribution in [0.3, 0.4) is 0 Å². The Morgan fingerprint density at radius 2 is 2.11 bits per heavy atom. The van der Waals surface area contributed by atoms with E-state index in [-0.39, 0.29) is 12.1 Å². The zero-order valence-electron chi connectivity index (χ0n) is 11.3. The molecule has 1 aromatic rings. The van der Waals surface area contributed by atoms with Gasteiger partial charge in [-0.25, -0.2) is 0 Å². The Morgan fingerprint density at radius 3 is 2.78 bits per heavy atom. The molecule has 1 aliphatic carbocycles. The van der Waals surface area contributed by atoms with Gasteiger partial charge in [0, 0.05) is 12.6 Å². The molecule has 3 heteroatoms. The summed E-state index contributed by atoms with van der Waals surface area (Å²) in [6.45, 7) is 2.87. The number of ether oxygens (including phenoxy) is 1. The number of aryl methyl sites for hydroxylation is 1. The van der Waals surface area contributed by atoms with E-state index in [0.717, 1.165) is 37.1 Å². The van der Waals surface area contributed by atoms with Crippen molar-refractivity contribution in [3.05, 3.63) is 29.3 Å². The fourth-order valence-electron chi connectivity index (χ4n) is 2.65. The molecule has 2 unspecified atom stereocenters. The predicted molar refractivity (Wildman–Crippen MR) is 72.8 cm³/mol. The van der Waals surface area contributed by atoms with Gasteiger partial charge in [0.1, 0.15) is 5.75 Å². The second-order valence-electron chi connectivity index (χ2n) is 5.14. The van der Waals surface area contributed by atoms with E-state index in [2.05, 4.69) is 24.4 Å². The zero-order valence-corrected chi connectivity index (χ0v) is 11.3. The van der Waals surface area contributed by atoms with Gasteiger partial charge in [0.25, 0.3) is 0 Å². The van der Waals surface area contributed by atoms with Crippen LogP contribution in [0.5, 0.6) is 5.75 Å². The summed E-state index contributed by atoms with van der Waals surface area (Å²) in [6, 6.07) is 6.47. The van der Waals surface area contributed by atoms with Crippen molar-refractivity contribution in [2.24, 2.45) is 0 Å². The third-order valence-corrected chi connectivity index (χ3v) is 3.76. The lowest BCUT2D eigenvalue weighted by atomic mass is 9.92. The first-order valence-corrected chi connectivity index (χ1v) is 6.75. The number of methoxy groups -OCH3 is 1. The largest absolute Gasteiger partial charge is 0.496 e. The molecule has 18 heavy (non-hydrogen) atoms. The Balaban J connectivity index is 1.91. The van der Waals surface area contributed by atoms with E-state index >= 15 is 0 Å². The maximum Gasteiger partial charge on any atom is 0.121 e. The smallest absolute Gasteiger partial charge is 0.121 e. The standard InChI is InChI=1S/C15H23NO2/c1-11-9-12(7-8-15(11)18-2)10-16-13-5-3-4-6-14(13)17/h7-9,13-14,16-17H,3-6,10H2,1-2H3. The molecule has 0 spiro atoms. The maximum atomic E-state index is 9.90. The Hall–Kier alpha value is -1.06. The molecule has 1 saturated carbocycles. The van der Waals surface area contributed by atoms with Gasteiger partial charge in [0.05, 0.1) is 13.2 Å². The van der Waals surface area contributed by atoms with Crippen LogP contribution in [0.2, 0.25) is 0 Å². The molecule has 0 amide bonds. The van der Waals surface area contributed by atoms with Crippen molar-refractivity contribution < 1.29 is 9.84 Å². The molecule has 2 N–H and O–H groups in total. The van der Waals surface area contributed by atoms with Crippen molar-refractivity contribution in [2.75, 3.05) is 7.11 Å². The third kappa shape index (κ3) is 3.24. The number of benzene rings is 1. The van der Waals surface area contributed by atoms with Gasteiger partial charge in [0.2, 0.25) is 0 Å². The summed E-state index contributed by atoms with van der Waals surface area (Å²) in [5, 5.41) is 13.4. The fraction of sp³-hybridized carbons (Fsp3) is 0.600. The molecule has 1 aliphatic rings. The number of aliphatic hydroxyl groups is 1. The minimum atomic E-state index is -0.182. The topological polar surface area (TPSA) is 41.5 Å². The van der Waals surface area contributed by atoms with E-state index in [1.165, 1.54) is 12.0 Å². The van der Waals surface area contributed by atoms with E-state index < -0.39 is 0 Å². The first-order valence-electron chi connectivity index (χ1n) is 6.75. The minimum Gasteiger partial charge on any atom is -0.496 e. The van der Waals surface area contributed by atoms with Gasteiger partial charge in [-0.2, -0.15) is 0 Å². The normalized spacial score (nSPS) is 23.9. The number of nitrogens with one attached hydrogen (secondary N) is 1. The highest BCUT2D eigenvalue weighted by atomic mass is 16.5. The lowest BCUT2D eigenvalue weighted by molar-refractivity contribution is 0.0902. The molecule has 0 heterocycles. The van der Waals surface area contributed by atoms with Crippen molar-refractivity contribution >= 4 is 0 Å². The first kappa shape index (κ1) is 13.4. The van der Waals surface area contributed by atoms with Crippen molar-refractivity contribution in [1.29, 1.82) is 0 Å². The molecule has 0 bridgehead atoms. The summed E-state index contributed by atoms with van der Waals surface area (Å²) in [6.07, 6.45) is 4.20. The Labute approximate surface area is 109 Å². The molecule has 3 nitrogen and oxygen atoms in total. The number of aliphatic hydroxyl groups excluding tert-OH is 1. The van der Waals surface area contributed by atoms with E-state index in [4.69, 9.17) is 4.74 Å². The van der Waals surface area contributed by atoms with Crippen molar-refractivity contribution in [1.82, 2.24) is 5.32 Å². The molecule has 0 saturated heterocycles. The van der Waals surface area contributed by atoms with Crippen LogP contribution in [0.4, 0.5) is 0 Å².